The number of hydrogen-bond donors (Lipinski definition) is 1. The van der Waals surface area contributed by atoms with Crippen molar-refractivity contribution >= 4 is 22.7 Å². The number of ketones is 1. The SMILES string of the molecule is CC(C)CCN1C[C@@H]2C[C@H]3[C@@H]4C[C@H](F)C5=CC(=O)C=C[C@]5(C)[C@@]4(F)[C@@H](O)C[C@]3(C)[C@]2(C(=O)SCF)O1. The van der Waals surface area contributed by atoms with Crippen LogP contribution in [0.25, 0.3) is 0 Å². The maximum absolute atomic E-state index is 17.4. The third-order valence-electron chi connectivity index (χ3n) is 10.1. The lowest BCUT2D eigenvalue weighted by atomic mass is 9.44. The van der Waals surface area contributed by atoms with Crippen molar-refractivity contribution in [2.24, 2.45) is 34.5 Å². The third kappa shape index (κ3) is 3.27. The van der Waals surface area contributed by atoms with Crippen molar-refractivity contribution in [1.82, 2.24) is 5.06 Å². The Bertz CT molecular complexity index is 1020. The Labute approximate surface area is 214 Å². The summed E-state index contributed by atoms with van der Waals surface area (Å²) in [4.78, 5) is 32.1. The lowest BCUT2D eigenvalue weighted by Gasteiger charge is -2.63. The Morgan fingerprint density at radius 2 is 2.03 bits per heavy atom. The van der Waals surface area contributed by atoms with Gasteiger partial charge in [-0.05, 0) is 62.2 Å². The van der Waals surface area contributed by atoms with Crippen LogP contribution < -0.4 is 0 Å². The Balaban J connectivity index is 1.57. The van der Waals surface area contributed by atoms with Gasteiger partial charge in [-0.1, -0.05) is 38.6 Å². The molecule has 0 spiro atoms. The molecule has 4 fully saturated rings. The second-order valence-electron chi connectivity index (χ2n) is 12.2. The van der Waals surface area contributed by atoms with Gasteiger partial charge in [0.1, 0.15) is 12.2 Å². The Morgan fingerprint density at radius 3 is 2.69 bits per heavy atom. The summed E-state index contributed by atoms with van der Waals surface area (Å²) in [6, 6.07) is -0.903. The third-order valence-corrected chi connectivity index (χ3v) is 10.8. The average Bonchev–Trinajstić information content (AvgIpc) is 3.29. The smallest absolute Gasteiger partial charge is 0.226 e. The fourth-order valence-electron chi connectivity index (χ4n) is 8.36. The maximum atomic E-state index is 17.4. The van der Waals surface area contributed by atoms with Gasteiger partial charge in [0.25, 0.3) is 0 Å². The number of alkyl halides is 3. The highest BCUT2D eigenvalue weighted by Crippen LogP contribution is 2.73. The summed E-state index contributed by atoms with van der Waals surface area (Å²) in [6.45, 7) is 8.66. The molecule has 5 aliphatic rings. The first-order valence-electron chi connectivity index (χ1n) is 13.0. The predicted molar refractivity (Wildman–Crippen MR) is 131 cm³/mol. The molecule has 0 radical (unpaired) electrons. The minimum absolute atomic E-state index is 0.0701. The van der Waals surface area contributed by atoms with E-state index in [2.05, 4.69) is 13.8 Å². The van der Waals surface area contributed by atoms with Gasteiger partial charge in [0.05, 0.1) is 6.10 Å². The topological polar surface area (TPSA) is 66.8 Å². The highest BCUT2D eigenvalue weighted by Gasteiger charge is 2.79. The number of halogens is 3. The molecule has 9 heteroatoms. The van der Waals surface area contributed by atoms with E-state index in [0.717, 1.165) is 6.42 Å². The number of nitrogens with zero attached hydrogens (tertiary/aromatic N) is 1. The van der Waals surface area contributed by atoms with Crippen LogP contribution in [0.15, 0.2) is 23.8 Å². The van der Waals surface area contributed by atoms with Crippen LogP contribution in [-0.2, 0) is 14.4 Å². The lowest BCUT2D eigenvalue weighted by molar-refractivity contribution is -0.264. The van der Waals surface area contributed by atoms with E-state index in [1.807, 2.05) is 6.92 Å². The first-order chi connectivity index (χ1) is 16.8. The predicted octanol–water partition coefficient (Wildman–Crippen LogP) is 4.75. The molecule has 4 aliphatic carbocycles. The number of aliphatic hydroxyl groups excluding tert-OH is 1. The first-order valence-corrected chi connectivity index (χ1v) is 14.0. The van der Waals surface area contributed by atoms with E-state index in [1.165, 1.54) is 18.2 Å². The number of allylic oxidation sites excluding steroid dienone is 4. The summed E-state index contributed by atoms with van der Waals surface area (Å²) >= 11 is 0.560. The van der Waals surface area contributed by atoms with Gasteiger partial charge in [0, 0.05) is 35.8 Å². The Kier molecular flexibility index (Phi) is 6.38. The molecular weight excluding hydrogens is 491 g/mol. The summed E-state index contributed by atoms with van der Waals surface area (Å²) in [5.74, 6) is -1.61. The van der Waals surface area contributed by atoms with E-state index in [0.29, 0.717) is 37.2 Å². The van der Waals surface area contributed by atoms with Crippen LogP contribution in [0.1, 0.15) is 53.4 Å². The number of rotatable bonds is 5. The zero-order chi connectivity index (χ0) is 26.3. The van der Waals surface area contributed by atoms with E-state index in [-0.39, 0.29) is 30.1 Å². The molecule has 36 heavy (non-hydrogen) atoms. The molecule has 0 aromatic rings. The second kappa shape index (κ2) is 8.68. The van der Waals surface area contributed by atoms with Crippen LogP contribution in [0.3, 0.4) is 0 Å². The molecule has 0 aromatic heterocycles. The van der Waals surface area contributed by atoms with Crippen LogP contribution >= 0.6 is 11.8 Å². The van der Waals surface area contributed by atoms with Crippen molar-refractivity contribution in [2.75, 3.05) is 19.1 Å². The fourth-order valence-corrected chi connectivity index (χ4v) is 9.11. The van der Waals surface area contributed by atoms with Gasteiger partial charge in [0.2, 0.25) is 5.12 Å². The minimum Gasteiger partial charge on any atom is -0.390 e. The lowest BCUT2D eigenvalue weighted by Crippen LogP contribution is -2.70. The molecule has 200 valence electrons. The van der Waals surface area contributed by atoms with Gasteiger partial charge in [-0.2, -0.15) is 5.06 Å². The second-order valence-corrected chi connectivity index (χ2v) is 13.1. The molecule has 0 unspecified atom stereocenters. The van der Waals surface area contributed by atoms with E-state index < -0.39 is 57.3 Å². The van der Waals surface area contributed by atoms with Crippen molar-refractivity contribution in [3.63, 3.8) is 0 Å². The number of carbonyl (C=O) groups excluding carboxylic acids is 2. The van der Waals surface area contributed by atoms with E-state index in [4.69, 9.17) is 4.84 Å². The van der Waals surface area contributed by atoms with Crippen molar-refractivity contribution in [1.29, 1.82) is 0 Å². The Morgan fingerprint density at radius 1 is 1.31 bits per heavy atom. The van der Waals surface area contributed by atoms with Crippen molar-refractivity contribution < 1.29 is 32.7 Å². The zero-order valence-corrected chi connectivity index (χ0v) is 22.1. The molecule has 0 amide bonds. The van der Waals surface area contributed by atoms with Gasteiger partial charge in [-0.25, -0.2) is 13.2 Å². The summed E-state index contributed by atoms with van der Waals surface area (Å²) in [5.41, 5.74) is -6.03. The van der Waals surface area contributed by atoms with Crippen LogP contribution in [0.4, 0.5) is 13.2 Å². The van der Waals surface area contributed by atoms with Crippen molar-refractivity contribution in [2.45, 2.75) is 76.9 Å². The number of aliphatic hydroxyl groups is 1. The summed E-state index contributed by atoms with van der Waals surface area (Å²) in [5, 5.41) is 12.9. The fraction of sp³-hybridized carbons (Fsp3) is 0.778. The van der Waals surface area contributed by atoms with Crippen LogP contribution in [0, 0.1) is 34.5 Å². The van der Waals surface area contributed by atoms with Gasteiger partial charge < -0.3 is 5.11 Å². The Hall–Kier alpha value is -1.16. The average molecular weight is 528 g/mol. The molecule has 1 heterocycles. The van der Waals surface area contributed by atoms with Gasteiger partial charge in [-0.3, -0.25) is 14.4 Å². The monoisotopic (exact) mass is 527 g/mol. The molecule has 3 saturated carbocycles. The zero-order valence-electron chi connectivity index (χ0n) is 21.3. The standard InChI is InChI=1S/C27H36F3NO4S/c1-15(2)6-8-31-13-16-9-18-19-11-21(29)20-10-17(32)5-7-24(20,3)26(19,30)22(33)12-25(18,4)27(16,35-31)23(34)36-14-28/h5,7,10,15-16,18-19,21-22,33H,6,8-9,11-14H2,1-4H3/t16-,18-,19-,21-,22-,24-,25-,26-,27-/m0/s1. The van der Waals surface area contributed by atoms with Gasteiger partial charge in [0.15, 0.2) is 17.1 Å². The number of fused-ring (bicyclic) bond motifs is 7. The maximum Gasteiger partial charge on any atom is 0.226 e. The molecule has 0 aromatic carbocycles. The van der Waals surface area contributed by atoms with E-state index >= 15 is 8.78 Å². The van der Waals surface area contributed by atoms with Crippen molar-refractivity contribution in [3.8, 4) is 0 Å². The van der Waals surface area contributed by atoms with Crippen LogP contribution in [0.5, 0.6) is 0 Å². The van der Waals surface area contributed by atoms with Gasteiger partial charge in [-0.15, -0.1) is 0 Å². The largest absolute Gasteiger partial charge is 0.390 e. The number of thioether (sulfide) groups is 1. The molecule has 9 atom stereocenters. The summed E-state index contributed by atoms with van der Waals surface area (Å²) in [7, 11) is 0. The molecule has 1 saturated heterocycles. The highest BCUT2D eigenvalue weighted by atomic mass is 32.2. The number of carbonyl (C=O) groups is 2. The van der Waals surface area contributed by atoms with E-state index in [9.17, 15) is 19.1 Å². The molecular formula is C27H36F3NO4S. The summed E-state index contributed by atoms with van der Waals surface area (Å²) < 4.78 is 46.4. The van der Waals surface area contributed by atoms with Crippen molar-refractivity contribution in [3.05, 3.63) is 23.8 Å². The van der Waals surface area contributed by atoms with Crippen LogP contribution in [0.2, 0.25) is 0 Å². The first kappa shape index (κ1) is 26.4. The highest BCUT2D eigenvalue weighted by molar-refractivity contribution is 8.13. The normalized spacial score (nSPS) is 47.9. The number of hydrogen-bond acceptors (Lipinski definition) is 6. The van der Waals surface area contributed by atoms with Crippen LogP contribution in [-0.4, -0.2) is 63.7 Å². The molecule has 0 bridgehead atoms. The number of hydroxylamine groups is 2. The molecule has 1 aliphatic heterocycles. The molecule has 5 rings (SSSR count). The minimum atomic E-state index is -2.21. The summed E-state index contributed by atoms with van der Waals surface area (Å²) in [6.07, 6.45) is 1.81. The molecule has 1 N–H and O–H groups in total. The molecule has 5 nitrogen and oxygen atoms in total. The quantitative estimate of drug-likeness (QED) is 0.557. The van der Waals surface area contributed by atoms with E-state index in [1.54, 1.807) is 12.0 Å². The van der Waals surface area contributed by atoms with Gasteiger partial charge >= 0.3 is 0 Å².